The Balaban J connectivity index is 0.00000102. The molecular weight excluding hydrogens is 777 g/mol. The van der Waals surface area contributed by atoms with Gasteiger partial charge in [-0.25, -0.2) is 9.79 Å². The number of aliphatic imine (C=N–C) groups is 1. The van der Waals surface area contributed by atoms with E-state index in [1.807, 2.05) is 0 Å². The zero-order chi connectivity index (χ0) is 45.6. The van der Waals surface area contributed by atoms with Crippen LogP contribution in [0.3, 0.4) is 0 Å². The summed E-state index contributed by atoms with van der Waals surface area (Å²) in [4.78, 5) is 45.5. The van der Waals surface area contributed by atoms with Gasteiger partial charge in [-0.1, -0.05) is 231 Å². The largest absolute Gasteiger partial charge is 0.399 e. The second-order valence-electron chi connectivity index (χ2n) is 17.2. The van der Waals surface area contributed by atoms with Crippen molar-refractivity contribution in [1.29, 1.82) is 0 Å². The molecular formula is C52H88N4O6. The van der Waals surface area contributed by atoms with E-state index in [1.54, 1.807) is 30.3 Å². The molecule has 2 aromatic rings. The predicted octanol–water partition coefficient (Wildman–Crippen LogP) is 16.5. The predicted molar refractivity (Wildman–Crippen MR) is 261 cm³/mol. The molecule has 62 heavy (non-hydrogen) atoms. The molecule has 0 aliphatic rings. The van der Waals surface area contributed by atoms with Crippen LogP contribution < -0.4 is 5.73 Å². The number of nitrogens with zero attached hydrogens (tertiary/aromatic N) is 3. The Morgan fingerprint density at radius 2 is 0.855 bits per heavy atom. The Hall–Kier alpha value is -3.91. The van der Waals surface area contributed by atoms with Crippen molar-refractivity contribution in [3.63, 3.8) is 0 Å². The van der Waals surface area contributed by atoms with Gasteiger partial charge in [0.2, 0.25) is 6.08 Å². The van der Waals surface area contributed by atoms with E-state index in [0.717, 1.165) is 24.8 Å². The lowest BCUT2D eigenvalue weighted by atomic mass is 10.0. The molecule has 0 saturated heterocycles. The van der Waals surface area contributed by atoms with E-state index < -0.39 is 9.85 Å². The summed E-state index contributed by atoms with van der Waals surface area (Å²) in [5.41, 5.74) is 6.53. The summed E-state index contributed by atoms with van der Waals surface area (Å²) < 4.78 is 0. The van der Waals surface area contributed by atoms with E-state index in [1.165, 1.54) is 217 Å². The zero-order valence-corrected chi connectivity index (χ0v) is 39.4. The Bertz CT molecular complexity index is 1410. The lowest BCUT2D eigenvalue weighted by molar-refractivity contribution is -0.385. The van der Waals surface area contributed by atoms with Gasteiger partial charge < -0.3 is 5.73 Å². The van der Waals surface area contributed by atoms with Crippen LogP contribution in [0.15, 0.2) is 53.5 Å². The minimum absolute atomic E-state index is 0.0278. The highest BCUT2D eigenvalue weighted by Gasteiger charge is 2.09. The van der Waals surface area contributed by atoms with Crippen LogP contribution in [-0.4, -0.2) is 28.3 Å². The number of unbranched alkanes of at least 4 members (excludes halogenated alkanes) is 31. The molecule has 0 radical (unpaired) electrons. The number of nitro groups is 2. The highest BCUT2D eigenvalue weighted by molar-refractivity contribution is 5.81. The van der Waals surface area contributed by atoms with E-state index in [9.17, 15) is 29.8 Å². The molecule has 0 aliphatic carbocycles. The molecule has 0 spiro atoms. The molecule has 0 heterocycles. The maximum atomic E-state index is 12.1. The van der Waals surface area contributed by atoms with Crippen LogP contribution in [0.4, 0.5) is 17.1 Å². The van der Waals surface area contributed by atoms with E-state index in [0.29, 0.717) is 25.1 Å². The number of hydrogen-bond donors (Lipinski definition) is 1. The molecule has 0 amide bonds. The molecule has 0 fully saturated rings. The first-order chi connectivity index (χ1) is 30.2. The molecule has 352 valence electrons. The topological polar surface area (TPSA) is 159 Å². The van der Waals surface area contributed by atoms with Gasteiger partial charge in [0, 0.05) is 42.8 Å². The first-order valence-electron chi connectivity index (χ1n) is 25.0. The average Bonchev–Trinajstić information content (AvgIpc) is 3.26. The van der Waals surface area contributed by atoms with Crippen molar-refractivity contribution in [2.24, 2.45) is 4.99 Å². The van der Waals surface area contributed by atoms with Gasteiger partial charge >= 0.3 is 0 Å². The van der Waals surface area contributed by atoms with Gasteiger partial charge in [-0.15, -0.1) is 0 Å². The smallest absolute Gasteiger partial charge is 0.271 e. The third-order valence-corrected chi connectivity index (χ3v) is 11.4. The van der Waals surface area contributed by atoms with Crippen LogP contribution >= 0.6 is 0 Å². The number of non-ortho nitro benzene ring substituents is 2. The van der Waals surface area contributed by atoms with Crippen LogP contribution in [0.2, 0.25) is 0 Å². The minimum Gasteiger partial charge on any atom is -0.399 e. The number of rotatable bonds is 39. The van der Waals surface area contributed by atoms with E-state index in [4.69, 9.17) is 5.73 Å². The SMILES string of the molecule is CCCCCCCCCCCCCCCCCCCC(=O)Cc1cccc([N+](=O)[O-])c1.CCCCCCCCCCCCCCCCCCN=C=O.Nc1cccc([N+](=O)[O-])c1. The van der Waals surface area contributed by atoms with Crippen LogP contribution in [0.1, 0.15) is 238 Å². The average molecular weight is 865 g/mol. The fourth-order valence-electron chi connectivity index (χ4n) is 7.57. The summed E-state index contributed by atoms with van der Waals surface area (Å²) in [6.07, 6.45) is 47.2. The van der Waals surface area contributed by atoms with Crippen molar-refractivity contribution in [1.82, 2.24) is 0 Å². The quantitative estimate of drug-likeness (QED) is 0.0175. The first kappa shape index (κ1) is 58.1. The van der Waals surface area contributed by atoms with Crippen LogP contribution in [0.5, 0.6) is 0 Å². The zero-order valence-electron chi connectivity index (χ0n) is 39.4. The fraction of sp³-hybridized carbons (Fsp3) is 0.731. The molecule has 10 heteroatoms. The fourth-order valence-corrected chi connectivity index (χ4v) is 7.57. The summed E-state index contributed by atoms with van der Waals surface area (Å²) >= 11 is 0. The number of hydrogen-bond acceptors (Lipinski definition) is 8. The van der Waals surface area contributed by atoms with Gasteiger partial charge in [0.25, 0.3) is 11.4 Å². The third kappa shape index (κ3) is 40.2. The number of Topliss-reactive ketones (excluding diaryl/α,β-unsaturated/α-hetero) is 1. The van der Waals surface area contributed by atoms with Gasteiger partial charge in [0.05, 0.1) is 16.4 Å². The molecule has 0 aliphatic heterocycles. The Kier molecular flexibility index (Phi) is 42.3. The molecule has 2 rings (SSSR count). The number of carbonyl (C=O) groups is 1. The van der Waals surface area contributed by atoms with Crippen molar-refractivity contribution in [2.75, 3.05) is 12.3 Å². The number of nitrogen functional groups attached to an aromatic ring is 1. The van der Waals surface area contributed by atoms with Crippen molar-refractivity contribution < 1.29 is 19.4 Å². The summed E-state index contributed by atoms with van der Waals surface area (Å²) in [7, 11) is 0. The maximum Gasteiger partial charge on any atom is 0.271 e. The second kappa shape index (κ2) is 45.1. The van der Waals surface area contributed by atoms with E-state index in [2.05, 4.69) is 18.8 Å². The van der Waals surface area contributed by atoms with Crippen LogP contribution in [-0.2, 0) is 16.0 Å². The number of benzene rings is 2. The molecule has 2 aromatic carbocycles. The van der Waals surface area contributed by atoms with Crippen molar-refractivity contribution >= 4 is 28.9 Å². The van der Waals surface area contributed by atoms with E-state index >= 15 is 0 Å². The van der Waals surface area contributed by atoms with Crippen molar-refractivity contribution in [3.8, 4) is 0 Å². The minimum atomic E-state index is -0.476. The first-order valence-corrected chi connectivity index (χ1v) is 25.0. The summed E-state index contributed by atoms with van der Waals surface area (Å²) in [6.45, 7) is 5.22. The van der Waals surface area contributed by atoms with Gasteiger partial charge in [0.1, 0.15) is 5.78 Å². The number of nitrogens with two attached hydrogens (primary N) is 1. The third-order valence-electron chi connectivity index (χ3n) is 11.4. The van der Waals surface area contributed by atoms with Gasteiger partial charge in [-0.05, 0) is 24.5 Å². The molecule has 0 atom stereocenters. The lowest BCUT2D eigenvalue weighted by Crippen LogP contribution is -2.03. The van der Waals surface area contributed by atoms with Gasteiger partial charge in [0.15, 0.2) is 0 Å². The van der Waals surface area contributed by atoms with Crippen molar-refractivity contribution in [2.45, 2.75) is 239 Å². The molecule has 0 unspecified atom stereocenters. The highest BCUT2D eigenvalue weighted by Crippen LogP contribution is 2.18. The molecule has 0 bridgehead atoms. The lowest BCUT2D eigenvalue weighted by Gasteiger charge is -2.04. The number of isocyanates is 1. The summed E-state index contributed by atoms with van der Waals surface area (Å²) in [6, 6.07) is 12.3. The Morgan fingerprint density at radius 1 is 0.516 bits per heavy atom. The molecule has 2 N–H and O–H groups in total. The normalized spacial score (nSPS) is 10.5. The summed E-state index contributed by atoms with van der Waals surface area (Å²) in [5.74, 6) is 0.182. The monoisotopic (exact) mass is 865 g/mol. The van der Waals surface area contributed by atoms with Crippen molar-refractivity contribution in [3.05, 3.63) is 74.3 Å². The number of nitro benzene ring substituents is 2. The Morgan fingerprint density at radius 3 is 1.19 bits per heavy atom. The van der Waals surface area contributed by atoms with E-state index in [-0.39, 0.29) is 17.2 Å². The van der Waals surface area contributed by atoms with Gasteiger partial charge in [-0.3, -0.25) is 25.0 Å². The standard InChI is InChI=1S/C27H45NO3.C19H37NO.C6H6N2O2/c1-2-3-4-5-6-7-8-9-10-11-12-13-14-15-16-17-18-22-27(29)24-25-20-19-21-26(23-25)28(30)31;1-2-3-4-5-6-7-8-9-10-11-12-13-14-15-16-17-18-20-19-21;7-5-2-1-3-6(4-5)8(9)10/h19-21,23H,2-18,22,24H2,1H3;2-18H2,1H3;1-4H,7H2. The summed E-state index contributed by atoms with van der Waals surface area (Å²) in [5, 5.41) is 20.9. The molecule has 10 nitrogen and oxygen atoms in total. The molecule has 0 saturated carbocycles. The van der Waals surface area contributed by atoms with Crippen LogP contribution in [0, 0.1) is 20.2 Å². The number of carbonyl (C=O) groups excluding carboxylic acids is 2. The second-order valence-corrected chi connectivity index (χ2v) is 17.2. The maximum absolute atomic E-state index is 12.1. The van der Waals surface area contributed by atoms with Crippen LogP contribution in [0.25, 0.3) is 0 Å². The van der Waals surface area contributed by atoms with Gasteiger partial charge in [-0.2, -0.15) is 0 Å². The highest BCUT2D eigenvalue weighted by atomic mass is 16.6. The molecule has 0 aromatic heterocycles. The number of anilines is 1. The Labute approximate surface area is 377 Å². The number of ketones is 1.